The van der Waals surface area contributed by atoms with Crippen molar-refractivity contribution in [2.45, 2.75) is 32.2 Å². The summed E-state index contributed by atoms with van der Waals surface area (Å²) in [4.78, 5) is 14.5. The van der Waals surface area contributed by atoms with Crippen molar-refractivity contribution in [3.63, 3.8) is 0 Å². The highest BCUT2D eigenvalue weighted by Gasteiger charge is 2.33. The topological polar surface area (TPSA) is 20.3 Å². The van der Waals surface area contributed by atoms with Crippen LogP contribution in [-0.2, 0) is 11.2 Å². The predicted octanol–water partition coefficient (Wildman–Crippen LogP) is 4.50. The maximum atomic E-state index is 12.5. The van der Waals surface area contributed by atoms with Crippen LogP contribution in [0.25, 0.3) is 11.1 Å². The van der Waals surface area contributed by atoms with E-state index in [9.17, 15) is 4.79 Å². The molecule has 1 aliphatic heterocycles. The molecule has 1 heterocycles. The Morgan fingerprint density at radius 2 is 1.91 bits per heavy atom. The molecule has 1 amide bonds. The number of nitrogens with zero attached hydrogens (tertiary/aromatic N) is 1. The molecular weight excluding hydrogens is 282 g/mol. The molecule has 2 aromatic rings. The molecule has 0 N–H and O–H groups in total. The van der Waals surface area contributed by atoms with E-state index in [2.05, 4.69) is 49.0 Å². The van der Waals surface area contributed by atoms with Crippen LogP contribution < -0.4 is 0 Å². The van der Waals surface area contributed by atoms with E-state index in [1.807, 2.05) is 11.8 Å². The molecule has 2 heteroatoms. The Hall–Kier alpha value is -2.35. The SMILES string of the molecule is C=C(C)C(=O)N1CCCC1c1cccc2c1Cc1ccccc1-2. The lowest BCUT2D eigenvalue weighted by atomic mass is 9.94. The molecule has 2 aromatic carbocycles. The van der Waals surface area contributed by atoms with Gasteiger partial charge in [-0.05, 0) is 54.0 Å². The number of carbonyl (C=O) groups is 1. The van der Waals surface area contributed by atoms with Crippen LogP contribution in [0, 0.1) is 0 Å². The molecule has 23 heavy (non-hydrogen) atoms. The molecule has 1 unspecified atom stereocenters. The van der Waals surface area contributed by atoms with Crippen molar-refractivity contribution >= 4 is 5.91 Å². The second kappa shape index (κ2) is 5.38. The van der Waals surface area contributed by atoms with Gasteiger partial charge >= 0.3 is 0 Å². The van der Waals surface area contributed by atoms with Crippen LogP contribution in [0.2, 0.25) is 0 Å². The minimum Gasteiger partial charge on any atom is -0.332 e. The van der Waals surface area contributed by atoms with Gasteiger partial charge in [0.25, 0.3) is 0 Å². The van der Waals surface area contributed by atoms with Crippen molar-refractivity contribution in [3.05, 3.63) is 71.3 Å². The summed E-state index contributed by atoms with van der Waals surface area (Å²) in [6.45, 7) is 6.49. The average Bonchev–Trinajstić information content (AvgIpc) is 3.18. The molecule has 0 radical (unpaired) electrons. The number of rotatable bonds is 2. The van der Waals surface area contributed by atoms with E-state index in [4.69, 9.17) is 0 Å². The van der Waals surface area contributed by atoms with Gasteiger partial charge in [-0.25, -0.2) is 0 Å². The van der Waals surface area contributed by atoms with Gasteiger partial charge < -0.3 is 4.90 Å². The van der Waals surface area contributed by atoms with Gasteiger partial charge in [-0.2, -0.15) is 0 Å². The van der Waals surface area contributed by atoms with Crippen LogP contribution in [0.3, 0.4) is 0 Å². The smallest absolute Gasteiger partial charge is 0.249 e. The molecule has 2 nitrogen and oxygen atoms in total. The average molecular weight is 303 g/mol. The second-order valence-electron chi connectivity index (χ2n) is 6.64. The third-order valence-electron chi connectivity index (χ3n) is 5.12. The zero-order valence-electron chi connectivity index (χ0n) is 13.5. The van der Waals surface area contributed by atoms with Gasteiger partial charge in [0, 0.05) is 12.1 Å². The summed E-state index contributed by atoms with van der Waals surface area (Å²) in [5, 5.41) is 0. The van der Waals surface area contributed by atoms with Crippen molar-refractivity contribution < 1.29 is 4.79 Å². The molecule has 1 saturated heterocycles. The van der Waals surface area contributed by atoms with Crippen LogP contribution in [0.5, 0.6) is 0 Å². The molecule has 4 rings (SSSR count). The number of likely N-dealkylation sites (tertiary alicyclic amines) is 1. The van der Waals surface area contributed by atoms with Gasteiger partial charge in [-0.3, -0.25) is 4.79 Å². The molecule has 116 valence electrons. The van der Waals surface area contributed by atoms with Gasteiger partial charge in [0.05, 0.1) is 6.04 Å². The highest BCUT2D eigenvalue weighted by Crippen LogP contribution is 2.43. The Morgan fingerprint density at radius 1 is 1.13 bits per heavy atom. The zero-order valence-corrected chi connectivity index (χ0v) is 13.5. The van der Waals surface area contributed by atoms with E-state index < -0.39 is 0 Å². The molecule has 1 atom stereocenters. The third kappa shape index (κ3) is 2.21. The number of benzene rings is 2. The fraction of sp³-hybridized carbons (Fsp3) is 0.286. The Labute approximate surface area is 137 Å². The second-order valence-corrected chi connectivity index (χ2v) is 6.64. The van der Waals surface area contributed by atoms with Gasteiger partial charge in [-0.15, -0.1) is 0 Å². The minimum atomic E-state index is 0.0978. The zero-order chi connectivity index (χ0) is 16.0. The standard InChI is InChI=1S/C21H21NO/c1-14(2)21(23)22-12-6-11-20(22)18-10-5-9-17-16-8-4-3-7-15(16)13-19(17)18/h3-5,7-10,20H,1,6,11-13H2,2H3. The minimum absolute atomic E-state index is 0.0978. The fourth-order valence-corrected chi connectivity index (χ4v) is 4.07. The lowest BCUT2D eigenvalue weighted by molar-refractivity contribution is -0.127. The van der Waals surface area contributed by atoms with Crippen molar-refractivity contribution in [2.75, 3.05) is 6.54 Å². The van der Waals surface area contributed by atoms with Crippen LogP contribution in [0.15, 0.2) is 54.6 Å². The molecule has 1 aliphatic carbocycles. The maximum absolute atomic E-state index is 12.5. The Bertz CT molecular complexity index is 805. The van der Waals surface area contributed by atoms with Crippen molar-refractivity contribution in [2.24, 2.45) is 0 Å². The molecule has 1 fully saturated rings. The van der Waals surface area contributed by atoms with Crippen LogP contribution in [0.1, 0.15) is 42.5 Å². The first-order valence-electron chi connectivity index (χ1n) is 8.33. The Kier molecular flexibility index (Phi) is 3.33. The summed E-state index contributed by atoms with van der Waals surface area (Å²) in [6, 6.07) is 15.4. The molecule has 0 bridgehead atoms. The number of hydrogen-bond acceptors (Lipinski definition) is 1. The summed E-state index contributed by atoms with van der Waals surface area (Å²) < 4.78 is 0. The van der Waals surface area contributed by atoms with Gasteiger partial charge in [0.2, 0.25) is 5.91 Å². The lowest BCUT2D eigenvalue weighted by Crippen LogP contribution is -2.31. The summed E-state index contributed by atoms with van der Waals surface area (Å²) in [5.41, 5.74) is 7.44. The van der Waals surface area contributed by atoms with Crippen molar-refractivity contribution in [1.29, 1.82) is 0 Å². The van der Waals surface area contributed by atoms with E-state index in [0.717, 1.165) is 25.8 Å². The number of amides is 1. The fourth-order valence-electron chi connectivity index (χ4n) is 4.07. The van der Waals surface area contributed by atoms with Crippen LogP contribution >= 0.6 is 0 Å². The molecular formula is C21H21NO. The monoisotopic (exact) mass is 303 g/mol. The first kappa shape index (κ1) is 14.3. The van der Waals surface area contributed by atoms with E-state index in [-0.39, 0.29) is 11.9 Å². The van der Waals surface area contributed by atoms with Gasteiger partial charge in [-0.1, -0.05) is 49.0 Å². The highest BCUT2D eigenvalue weighted by molar-refractivity contribution is 5.92. The number of carbonyl (C=O) groups excluding carboxylic acids is 1. The van der Waals surface area contributed by atoms with E-state index in [0.29, 0.717) is 5.57 Å². The highest BCUT2D eigenvalue weighted by atomic mass is 16.2. The predicted molar refractivity (Wildman–Crippen MR) is 93.2 cm³/mol. The quantitative estimate of drug-likeness (QED) is 0.638. The van der Waals surface area contributed by atoms with Crippen LogP contribution in [0.4, 0.5) is 0 Å². The van der Waals surface area contributed by atoms with E-state index in [1.165, 1.54) is 27.8 Å². The molecule has 0 saturated carbocycles. The van der Waals surface area contributed by atoms with Gasteiger partial charge in [0.15, 0.2) is 0 Å². The van der Waals surface area contributed by atoms with E-state index >= 15 is 0 Å². The summed E-state index contributed by atoms with van der Waals surface area (Å²) in [6.07, 6.45) is 3.10. The number of fused-ring (bicyclic) bond motifs is 3. The number of hydrogen-bond donors (Lipinski definition) is 0. The first-order chi connectivity index (χ1) is 11.2. The maximum Gasteiger partial charge on any atom is 0.249 e. The molecule has 0 spiro atoms. The first-order valence-corrected chi connectivity index (χ1v) is 8.33. The van der Waals surface area contributed by atoms with Crippen LogP contribution in [-0.4, -0.2) is 17.4 Å². The third-order valence-corrected chi connectivity index (χ3v) is 5.12. The normalized spacial score (nSPS) is 18.7. The van der Waals surface area contributed by atoms with Gasteiger partial charge in [0.1, 0.15) is 0 Å². The van der Waals surface area contributed by atoms with Crippen molar-refractivity contribution in [1.82, 2.24) is 4.90 Å². The van der Waals surface area contributed by atoms with Crippen molar-refractivity contribution in [3.8, 4) is 11.1 Å². The van der Waals surface area contributed by atoms with E-state index in [1.54, 1.807) is 0 Å². The Balaban J connectivity index is 1.77. The largest absolute Gasteiger partial charge is 0.332 e. The molecule has 0 aromatic heterocycles. The summed E-state index contributed by atoms with van der Waals surface area (Å²) in [5.74, 6) is 0.0978. The molecule has 2 aliphatic rings. The summed E-state index contributed by atoms with van der Waals surface area (Å²) in [7, 11) is 0. The Morgan fingerprint density at radius 3 is 2.74 bits per heavy atom. The lowest BCUT2D eigenvalue weighted by Gasteiger charge is -2.27. The summed E-state index contributed by atoms with van der Waals surface area (Å²) >= 11 is 0.